The van der Waals surface area contributed by atoms with Crippen LogP contribution in [0.3, 0.4) is 0 Å². The summed E-state index contributed by atoms with van der Waals surface area (Å²) in [5.41, 5.74) is 11.5. The van der Waals surface area contributed by atoms with Crippen molar-refractivity contribution in [3.63, 3.8) is 0 Å². The van der Waals surface area contributed by atoms with Gasteiger partial charge < -0.3 is 26.3 Å². The first-order chi connectivity index (χ1) is 17.0. The van der Waals surface area contributed by atoms with Gasteiger partial charge in [-0.25, -0.2) is 14.6 Å². The predicted octanol–water partition coefficient (Wildman–Crippen LogP) is 3.68. The monoisotopic (exact) mass is 536 g/mol. The lowest BCUT2D eigenvalue weighted by atomic mass is 10.0. The van der Waals surface area contributed by atoms with E-state index in [2.05, 4.69) is 10.3 Å². The molecule has 0 heterocycles. The van der Waals surface area contributed by atoms with Crippen LogP contribution >= 0.6 is 0 Å². The third-order valence-corrected chi connectivity index (χ3v) is 5.18. The molecule has 0 aliphatic carbocycles. The summed E-state index contributed by atoms with van der Waals surface area (Å²) in [7, 11) is -4.02. The lowest BCUT2D eigenvalue weighted by Crippen LogP contribution is -2.45. The third-order valence-electron chi connectivity index (χ3n) is 4.31. The lowest BCUT2D eigenvalue weighted by Gasteiger charge is -2.23. The number of hydrogen-bond acceptors (Lipinski definition) is 7. The van der Waals surface area contributed by atoms with Crippen LogP contribution in [0.4, 0.5) is 10.5 Å². The molecule has 0 aromatic heterocycles. The summed E-state index contributed by atoms with van der Waals surface area (Å²) in [5.74, 6) is -0.136. The number of nitrogens with one attached hydrogen (secondary N) is 1. The summed E-state index contributed by atoms with van der Waals surface area (Å²) in [6, 6.07) is 11.5. The van der Waals surface area contributed by atoms with Crippen LogP contribution < -0.4 is 21.5 Å². The van der Waals surface area contributed by atoms with Gasteiger partial charge in [0.05, 0.1) is 10.6 Å². The van der Waals surface area contributed by atoms with Crippen molar-refractivity contribution in [2.75, 3.05) is 0 Å². The number of aryl methyl sites for hydroxylation is 1. The molecule has 37 heavy (non-hydrogen) atoms. The molecule has 1 amide bonds. The number of ether oxygens (including phenoxy) is 2. The minimum atomic E-state index is -4.02. The Bertz CT molecular complexity index is 1170. The fraction of sp³-hybridized carbons (Fsp3) is 0.400. The average molecular weight is 537 g/mol. The Morgan fingerprint density at radius 3 is 2.00 bits per heavy atom. The maximum atomic E-state index is 12.5. The van der Waals surface area contributed by atoms with Crippen molar-refractivity contribution in [2.24, 2.45) is 22.4 Å². The molecule has 0 bridgehead atoms. The standard InChI is InChI=1S/C18H28N4O4.C7H8O3S/c1-11(2)10-14(22-17(24)26-18(3,4)5)15(23)25-13-8-6-12(7-9-13)21-16(19)20;1-6-2-4-7(5-3-6)11(8,9)10/h6-9,11,14H,10H2,1-5H3,(H,22,24)(H4,19,20,21);2-5H,1H3,(H,8,9,10)/t14-;/m1./s1. The van der Waals surface area contributed by atoms with Gasteiger partial charge in [0.2, 0.25) is 0 Å². The first-order valence-electron chi connectivity index (χ1n) is 11.4. The SMILES string of the molecule is CC(C)C[C@@H](NC(=O)OC(C)(C)C)C(=O)Oc1ccc(N=C(N)N)cc1.Cc1ccc(S(=O)(=O)O)cc1. The first kappa shape index (κ1) is 31.4. The molecule has 0 radical (unpaired) electrons. The van der Waals surface area contributed by atoms with E-state index in [4.69, 9.17) is 25.5 Å². The van der Waals surface area contributed by atoms with E-state index in [0.717, 1.165) is 5.56 Å². The molecule has 0 spiro atoms. The summed E-state index contributed by atoms with van der Waals surface area (Å²) in [6.45, 7) is 11.0. The normalized spacial score (nSPS) is 12.0. The molecule has 1 atom stereocenters. The molecule has 2 aromatic carbocycles. The van der Waals surface area contributed by atoms with Gasteiger partial charge in [-0.3, -0.25) is 4.55 Å². The van der Waals surface area contributed by atoms with Crippen LogP contribution in [0, 0.1) is 12.8 Å². The number of nitrogens with zero attached hydrogens (tertiary/aromatic N) is 1. The van der Waals surface area contributed by atoms with Crippen LogP contribution in [0.15, 0.2) is 58.4 Å². The van der Waals surface area contributed by atoms with E-state index in [1.54, 1.807) is 57.2 Å². The fourth-order valence-electron chi connectivity index (χ4n) is 2.77. The zero-order valence-corrected chi connectivity index (χ0v) is 22.7. The topological polar surface area (TPSA) is 183 Å². The van der Waals surface area contributed by atoms with E-state index < -0.39 is 33.8 Å². The van der Waals surface area contributed by atoms with E-state index in [0.29, 0.717) is 17.9 Å². The van der Waals surface area contributed by atoms with Crippen molar-refractivity contribution in [3.8, 4) is 5.75 Å². The highest BCUT2D eigenvalue weighted by Gasteiger charge is 2.26. The molecule has 0 saturated heterocycles. The minimum Gasteiger partial charge on any atom is -0.444 e. The smallest absolute Gasteiger partial charge is 0.408 e. The van der Waals surface area contributed by atoms with Crippen LogP contribution in [0.5, 0.6) is 5.75 Å². The van der Waals surface area contributed by atoms with Crippen LogP contribution in [0.25, 0.3) is 0 Å². The second-order valence-electron chi connectivity index (χ2n) is 9.57. The molecule has 204 valence electrons. The highest BCUT2D eigenvalue weighted by atomic mass is 32.2. The number of esters is 1. The number of hydrogen-bond donors (Lipinski definition) is 4. The zero-order chi connectivity index (χ0) is 28.4. The average Bonchev–Trinajstić information content (AvgIpc) is 2.72. The Morgan fingerprint density at radius 2 is 1.57 bits per heavy atom. The second-order valence-corrected chi connectivity index (χ2v) is 11.0. The van der Waals surface area contributed by atoms with Gasteiger partial charge in [0.25, 0.3) is 10.1 Å². The van der Waals surface area contributed by atoms with Crippen LogP contribution in [-0.4, -0.2) is 42.6 Å². The molecule has 11 nitrogen and oxygen atoms in total. The predicted molar refractivity (Wildman–Crippen MR) is 141 cm³/mol. The number of nitrogens with two attached hydrogens (primary N) is 2. The van der Waals surface area contributed by atoms with Crippen LogP contribution in [-0.2, 0) is 19.6 Å². The molecule has 2 aromatic rings. The summed E-state index contributed by atoms with van der Waals surface area (Å²) >= 11 is 0. The van der Waals surface area contributed by atoms with Crippen molar-refractivity contribution in [1.29, 1.82) is 0 Å². The summed E-state index contributed by atoms with van der Waals surface area (Å²) < 4.78 is 40.1. The number of rotatable bonds is 7. The van der Waals surface area contributed by atoms with E-state index in [9.17, 15) is 18.0 Å². The van der Waals surface area contributed by atoms with Gasteiger partial charge in [-0.15, -0.1) is 0 Å². The fourth-order valence-corrected chi connectivity index (χ4v) is 3.25. The van der Waals surface area contributed by atoms with E-state index >= 15 is 0 Å². The number of carbonyl (C=O) groups is 2. The van der Waals surface area contributed by atoms with Gasteiger partial charge in [-0.05, 0) is 76.4 Å². The van der Waals surface area contributed by atoms with Gasteiger partial charge in [0, 0.05) is 0 Å². The number of benzene rings is 2. The third kappa shape index (κ3) is 13.3. The maximum absolute atomic E-state index is 12.5. The summed E-state index contributed by atoms with van der Waals surface area (Å²) in [5, 5.41) is 2.57. The summed E-state index contributed by atoms with van der Waals surface area (Å²) in [6.07, 6.45) is -0.243. The molecule has 0 aliphatic rings. The van der Waals surface area contributed by atoms with Crippen molar-refractivity contribution in [2.45, 2.75) is 64.5 Å². The van der Waals surface area contributed by atoms with Crippen molar-refractivity contribution >= 4 is 33.8 Å². The number of alkyl carbamates (subject to hydrolysis) is 1. The number of carbonyl (C=O) groups excluding carboxylic acids is 2. The van der Waals surface area contributed by atoms with Crippen LogP contribution in [0.1, 0.15) is 46.6 Å². The van der Waals surface area contributed by atoms with Gasteiger partial charge in [0.1, 0.15) is 17.4 Å². The number of aliphatic imine (C=N–C) groups is 1. The molecule has 0 unspecified atom stereocenters. The first-order valence-corrected chi connectivity index (χ1v) is 12.9. The van der Waals surface area contributed by atoms with E-state index in [1.807, 2.05) is 20.8 Å². The number of amides is 1. The van der Waals surface area contributed by atoms with Gasteiger partial charge in [0.15, 0.2) is 5.96 Å². The highest BCUT2D eigenvalue weighted by Crippen LogP contribution is 2.19. The Labute approximate surface area is 218 Å². The Balaban J connectivity index is 0.000000516. The van der Waals surface area contributed by atoms with E-state index in [1.165, 1.54) is 12.1 Å². The van der Waals surface area contributed by atoms with Gasteiger partial charge in [-0.1, -0.05) is 31.5 Å². The zero-order valence-electron chi connectivity index (χ0n) is 21.9. The van der Waals surface area contributed by atoms with E-state index in [-0.39, 0.29) is 16.8 Å². The minimum absolute atomic E-state index is 0.0618. The molecule has 6 N–H and O–H groups in total. The molecule has 0 fully saturated rings. The van der Waals surface area contributed by atoms with Gasteiger partial charge >= 0.3 is 12.1 Å². The van der Waals surface area contributed by atoms with Crippen molar-refractivity contribution < 1.29 is 32.0 Å². The Hall–Kier alpha value is -3.64. The van der Waals surface area contributed by atoms with Crippen molar-refractivity contribution in [3.05, 3.63) is 54.1 Å². The van der Waals surface area contributed by atoms with Crippen LogP contribution in [0.2, 0.25) is 0 Å². The largest absolute Gasteiger partial charge is 0.444 e. The Kier molecular flexibility index (Phi) is 11.5. The molecular weight excluding hydrogens is 500 g/mol. The van der Waals surface area contributed by atoms with Gasteiger partial charge in [-0.2, -0.15) is 8.42 Å². The maximum Gasteiger partial charge on any atom is 0.408 e. The highest BCUT2D eigenvalue weighted by molar-refractivity contribution is 7.85. The molecular formula is C25H36N4O7S. The summed E-state index contributed by atoms with van der Waals surface area (Å²) in [4.78, 5) is 28.2. The quantitative estimate of drug-likeness (QED) is 0.135. The molecule has 0 saturated carbocycles. The molecule has 12 heteroatoms. The number of guanidine groups is 1. The molecule has 2 rings (SSSR count). The lowest BCUT2D eigenvalue weighted by molar-refractivity contribution is -0.137. The molecule has 0 aliphatic heterocycles. The Morgan fingerprint density at radius 1 is 1.03 bits per heavy atom. The van der Waals surface area contributed by atoms with Crippen molar-refractivity contribution in [1.82, 2.24) is 5.32 Å². The second kappa shape index (κ2) is 13.6.